The minimum atomic E-state index is -0.684. The Bertz CT molecular complexity index is 186. The third-order valence-corrected chi connectivity index (χ3v) is 3.12. The Labute approximate surface area is 100 Å². The van der Waals surface area contributed by atoms with Gasteiger partial charge in [0.15, 0.2) is 0 Å². The zero-order valence-electron chi connectivity index (χ0n) is 11.5. The van der Waals surface area contributed by atoms with E-state index in [0.717, 1.165) is 19.3 Å². The molecular weight excluding hydrogens is 202 g/mol. The number of aliphatic hydroxyl groups is 2. The van der Waals surface area contributed by atoms with Crippen LogP contribution in [0, 0.1) is 5.92 Å². The molecule has 16 heavy (non-hydrogen) atoms. The molecule has 0 amide bonds. The van der Waals surface area contributed by atoms with Crippen LogP contribution >= 0.6 is 0 Å². The van der Waals surface area contributed by atoms with E-state index in [-0.39, 0.29) is 0 Å². The molecule has 0 aliphatic heterocycles. The van der Waals surface area contributed by atoms with Gasteiger partial charge in [-0.05, 0) is 32.1 Å². The molecule has 0 spiro atoms. The van der Waals surface area contributed by atoms with Crippen LogP contribution in [0.1, 0.15) is 53.9 Å². The summed E-state index contributed by atoms with van der Waals surface area (Å²) in [6, 6.07) is 0. The van der Waals surface area contributed by atoms with Crippen molar-refractivity contribution in [3.05, 3.63) is 0 Å². The highest BCUT2D eigenvalue weighted by Crippen LogP contribution is 2.17. The molecule has 0 aliphatic carbocycles. The molecule has 3 heteroatoms. The molecule has 0 radical (unpaired) electrons. The van der Waals surface area contributed by atoms with E-state index in [1.54, 1.807) is 0 Å². The van der Waals surface area contributed by atoms with E-state index in [0.29, 0.717) is 19.0 Å². The highest BCUT2D eigenvalue weighted by molar-refractivity contribution is 4.82. The molecular formula is C13H29NO2. The van der Waals surface area contributed by atoms with Gasteiger partial charge in [0.1, 0.15) is 0 Å². The Morgan fingerprint density at radius 3 is 1.94 bits per heavy atom. The van der Waals surface area contributed by atoms with E-state index in [9.17, 15) is 10.2 Å². The minimum Gasteiger partial charge on any atom is -0.389 e. The fourth-order valence-electron chi connectivity index (χ4n) is 2.02. The van der Waals surface area contributed by atoms with Gasteiger partial charge < -0.3 is 15.5 Å². The third kappa shape index (κ3) is 6.46. The van der Waals surface area contributed by atoms with Crippen LogP contribution in [0.2, 0.25) is 0 Å². The maximum absolute atomic E-state index is 10.1. The molecule has 0 fully saturated rings. The van der Waals surface area contributed by atoms with Gasteiger partial charge in [0, 0.05) is 13.1 Å². The van der Waals surface area contributed by atoms with Crippen molar-refractivity contribution >= 4 is 0 Å². The number of nitrogens with one attached hydrogen (secondary N) is 1. The number of rotatable bonds is 8. The number of hydrogen-bond acceptors (Lipinski definition) is 3. The highest BCUT2D eigenvalue weighted by Gasteiger charge is 2.25. The lowest BCUT2D eigenvalue weighted by Gasteiger charge is -2.30. The molecule has 0 heterocycles. The van der Waals surface area contributed by atoms with Gasteiger partial charge in [0.25, 0.3) is 0 Å². The predicted molar refractivity (Wildman–Crippen MR) is 68.5 cm³/mol. The quantitative estimate of drug-likeness (QED) is 0.598. The van der Waals surface area contributed by atoms with Gasteiger partial charge in [-0.25, -0.2) is 0 Å². The Morgan fingerprint density at radius 1 is 1.06 bits per heavy atom. The molecule has 0 saturated carbocycles. The first-order chi connectivity index (χ1) is 7.24. The molecule has 3 N–H and O–H groups in total. The minimum absolute atomic E-state index is 0.480. The lowest BCUT2D eigenvalue weighted by Crippen LogP contribution is -2.46. The Hall–Kier alpha value is -0.120. The monoisotopic (exact) mass is 231 g/mol. The summed E-state index contributed by atoms with van der Waals surface area (Å²) in [5.74, 6) is 0.480. The molecule has 3 nitrogen and oxygen atoms in total. The average molecular weight is 231 g/mol. The van der Waals surface area contributed by atoms with E-state index in [2.05, 4.69) is 19.2 Å². The Morgan fingerprint density at radius 2 is 1.56 bits per heavy atom. The summed E-state index contributed by atoms with van der Waals surface area (Å²) in [6.07, 6.45) is 2.25. The molecule has 98 valence electrons. The van der Waals surface area contributed by atoms with Crippen molar-refractivity contribution in [1.29, 1.82) is 0 Å². The van der Waals surface area contributed by atoms with E-state index >= 15 is 0 Å². The summed E-state index contributed by atoms with van der Waals surface area (Å²) in [7, 11) is 0. The SMILES string of the molecule is CCC(O)(CC)CNCC(C)(O)CC(C)C. The van der Waals surface area contributed by atoms with Gasteiger partial charge >= 0.3 is 0 Å². The molecule has 0 saturated heterocycles. The first kappa shape index (κ1) is 15.9. The smallest absolute Gasteiger partial charge is 0.0766 e. The maximum Gasteiger partial charge on any atom is 0.0766 e. The summed E-state index contributed by atoms with van der Waals surface area (Å²) in [5, 5.41) is 23.3. The predicted octanol–water partition coefficient (Wildman–Crippen LogP) is 1.92. The van der Waals surface area contributed by atoms with Crippen LogP contribution < -0.4 is 5.32 Å². The van der Waals surface area contributed by atoms with Crippen LogP contribution in [-0.2, 0) is 0 Å². The second-order valence-electron chi connectivity index (χ2n) is 5.63. The van der Waals surface area contributed by atoms with Crippen molar-refractivity contribution in [3.63, 3.8) is 0 Å². The molecule has 0 aromatic carbocycles. The fourth-order valence-corrected chi connectivity index (χ4v) is 2.02. The van der Waals surface area contributed by atoms with E-state index in [4.69, 9.17) is 0 Å². The van der Waals surface area contributed by atoms with Gasteiger partial charge in [-0.2, -0.15) is 0 Å². The first-order valence-corrected chi connectivity index (χ1v) is 6.40. The van der Waals surface area contributed by atoms with E-state index in [1.165, 1.54) is 0 Å². The van der Waals surface area contributed by atoms with Crippen molar-refractivity contribution in [1.82, 2.24) is 5.32 Å². The van der Waals surface area contributed by atoms with Crippen LogP contribution in [0.4, 0.5) is 0 Å². The average Bonchev–Trinajstić information content (AvgIpc) is 2.15. The van der Waals surface area contributed by atoms with Gasteiger partial charge in [0.05, 0.1) is 11.2 Å². The zero-order chi connectivity index (χ0) is 12.8. The van der Waals surface area contributed by atoms with Crippen LogP contribution in [0.15, 0.2) is 0 Å². The summed E-state index contributed by atoms with van der Waals surface area (Å²) in [5.41, 5.74) is -1.32. The van der Waals surface area contributed by atoms with Crippen molar-refractivity contribution in [2.24, 2.45) is 5.92 Å². The standard InChI is InChI=1S/C13H29NO2/c1-6-13(16,7-2)10-14-9-12(5,15)8-11(3)4/h11,14-16H,6-10H2,1-5H3. The molecule has 0 rings (SSSR count). The molecule has 0 aromatic heterocycles. The molecule has 1 unspecified atom stereocenters. The lowest BCUT2D eigenvalue weighted by molar-refractivity contribution is 0.0107. The Balaban J connectivity index is 3.96. The lowest BCUT2D eigenvalue weighted by atomic mass is 9.93. The first-order valence-electron chi connectivity index (χ1n) is 6.40. The summed E-state index contributed by atoms with van der Waals surface area (Å²) >= 11 is 0. The third-order valence-electron chi connectivity index (χ3n) is 3.12. The molecule has 0 aliphatic rings. The van der Waals surface area contributed by atoms with Gasteiger partial charge in [0.2, 0.25) is 0 Å². The van der Waals surface area contributed by atoms with Crippen molar-refractivity contribution < 1.29 is 10.2 Å². The van der Waals surface area contributed by atoms with Crippen LogP contribution in [-0.4, -0.2) is 34.5 Å². The molecule has 0 bridgehead atoms. The van der Waals surface area contributed by atoms with E-state index < -0.39 is 11.2 Å². The largest absolute Gasteiger partial charge is 0.389 e. The maximum atomic E-state index is 10.1. The topological polar surface area (TPSA) is 52.5 Å². The summed E-state index contributed by atoms with van der Waals surface area (Å²) in [6.45, 7) is 11.1. The van der Waals surface area contributed by atoms with Crippen molar-refractivity contribution in [3.8, 4) is 0 Å². The second-order valence-corrected chi connectivity index (χ2v) is 5.63. The normalized spacial score (nSPS) is 16.5. The fraction of sp³-hybridized carbons (Fsp3) is 1.00. The van der Waals surface area contributed by atoms with Crippen LogP contribution in [0.25, 0.3) is 0 Å². The molecule has 1 atom stereocenters. The second kappa shape index (κ2) is 6.58. The zero-order valence-corrected chi connectivity index (χ0v) is 11.5. The van der Waals surface area contributed by atoms with Crippen LogP contribution in [0.3, 0.4) is 0 Å². The van der Waals surface area contributed by atoms with E-state index in [1.807, 2.05) is 20.8 Å². The van der Waals surface area contributed by atoms with Gasteiger partial charge in [-0.3, -0.25) is 0 Å². The number of hydrogen-bond donors (Lipinski definition) is 3. The van der Waals surface area contributed by atoms with Crippen LogP contribution in [0.5, 0.6) is 0 Å². The van der Waals surface area contributed by atoms with Gasteiger partial charge in [-0.15, -0.1) is 0 Å². The van der Waals surface area contributed by atoms with Gasteiger partial charge in [-0.1, -0.05) is 27.7 Å². The highest BCUT2D eigenvalue weighted by atomic mass is 16.3. The van der Waals surface area contributed by atoms with Crippen molar-refractivity contribution in [2.75, 3.05) is 13.1 Å². The summed E-state index contributed by atoms with van der Waals surface area (Å²) in [4.78, 5) is 0. The Kier molecular flexibility index (Phi) is 6.53. The summed E-state index contributed by atoms with van der Waals surface area (Å²) < 4.78 is 0. The molecule has 0 aromatic rings. The van der Waals surface area contributed by atoms with Crippen molar-refractivity contribution in [2.45, 2.75) is 65.1 Å².